The van der Waals surface area contributed by atoms with Crippen molar-refractivity contribution in [2.75, 3.05) is 5.32 Å². The first-order chi connectivity index (χ1) is 13.6. The van der Waals surface area contributed by atoms with Gasteiger partial charge in [-0.2, -0.15) is 5.10 Å². The van der Waals surface area contributed by atoms with Crippen LogP contribution in [0.15, 0.2) is 84.0 Å². The maximum Gasteiger partial charge on any atom is 0.275 e. The molecule has 0 heterocycles. The SMILES string of the molecule is CC(=O)Nc1ccc(/C=N/NC(=O)c2ccccc2Oc2ccccc2)cc1. The van der Waals surface area contributed by atoms with Crippen molar-refractivity contribution >= 4 is 23.7 Å². The van der Waals surface area contributed by atoms with Crippen molar-refractivity contribution in [3.8, 4) is 11.5 Å². The summed E-state index contributed by atoms with van der Waals surface area (Å²) in [5, 5.41) is 6.68. The summed E-state index contributed by atoms with van der Waals surface area (Å²) in [6.45, 7) is 1.45. The number of nitrogens with zero attached hydrogens (tertiary/aromatic N) is 1. The molecule has 3 rings (SSSR count). The van der Waals surface area contributed by atoms with E-state index in [-0.39, 0.29) is 11.8 Å². The van der Waals surface area contributed by atoms with Gasteiger partial charge in [0.2, 0.25) is 5.91 Å². The molecule has 0 aliphatic heterocycles. The summed E-state index contributed by atoms with van der Waals surface area (Å²) in [5.74, 6) is 0.578. The van der Waals surface area contributed by atoms with Gasteiger partial charge in [-0.3, -0.25) is 9.59 Å². The Bertz CT molecular complexity index is 983. The minimum atomic E-state index is -0.377. The predicted octanol–water partition coefficient (Wildman–Crippen LogP) is 4.20. The number of hydrogen-bond donors (Lipinski definition) is 2. The van der Waals surface area contributed by atoms with Gasteiger partial charge < -0.3 is 10.1 Å². The summed E-state index contributed by atoms with van der Waals surface area (Å²) >= 11 is 0. The van der Waals surface area contributed by atoms with Gasteiger partial charge >= 0.3 is 0 Å². The van der Waals surface area contributed by atoms with Crippen molar-refractivity contribution in [2.45, 2.75) is 6.92 Å². The average Bonchev–Trinajstić information content (AvgIpc) is 2.70. The number of amides is 2. The van der Waals surface area contributed by atoms with Crippen LogP contribution >= 0.6 is 0 Å². The van der Waals surface area contributed by atoms with Gasteiger partial charge in [0.05, 0.1) is 11.8 Å². The van der Waals surface area contributed by atoms with E-state index in [1.54, 1.807) is 48.5 Å². The van der Waals surface area contributed by atoms with Crippen LogP contribution in [-0.2, 0) is 4.79 Å². The maximum atomic E-state index is 12.5. The lowest BCUT2D eigenvalue weighted by Gasteiger charge is -2.09. The Morgan fingerprint density at radius 3 is 2.29 bits per heavy atom. The van der Waals surface area contributed by atoms with E-state index in [0.29, 0.717) is 22.7 Å². The number of carbonyl (C=O) groups is 2. The van der Waals surface area contributed by atoms with Crippen LogP contribution in [0.5, 0.6) is 11.5 Å². The van der Waals surface area contributed by atoms with E-state index in [1.807, 2.05) is 30.3 Å². The van der Waals surface area contributed by atoms with E-state index in [0.717, 1.165) is 5.56 Å². The molecule has 0 atom stereocenters. The number of anilines is 1. The third-order valence-corrected chi connectivity index (χ3v) is 3.71. The smallest absolute Gasteiger partial charge is 0.275 e. The van der Waals surface area contributed by atoms with E-state index in [4.69, 9.17) is 4.74 Å². The molecule has 0 aliphatic rings. The van der Waals surface area contributed by atoms with Crippen LogP contribution in [0.3, 0.4) is 0 Å². The number of carbonyl (C=O) groups excluding carboxylic acids is 2. The molecular weight excluding hydrogens is 354 g/mol. The number of hydrogen-bond acceptors (Lipinski definition) is 4. The Morgan fingerprint density at radius 1 is 0.893 bits per heavy atom. The third-order valence-electron chi connectivity index (χ3n) is 3.71. The van der Waals surface area contributed by atoms with E-state index in [9.17, 15) is 9.59 Å². The monoisotopic (exact) mass is 373 g/mol. The zero-order chi connectivity index (χ0) is 19.8. The molecule has 0 spiro atoms. The second kappa shape index (κ2) is 9.14. The summed E-state index contributed by atoms with van der Waals surface area (Å²) in [4.78, 5) is 23.5. The summed E-state index contributed by atoms with van der Waals surface area (Å²) in [6.07, 6.45) is 1.52. The normalized spacial score (nSPS) is 10.5. The van der Waals surface area contributed by atoms with Crippen molar-refractivity contribution in [3.63, 3.8) is 0 Å². The lowest BCUT2D eigenvalue weighted by atomic mass is 10.2. The minimum Gasteiger partial charge on any atom is -0.457 e. The van der Waals surface area contributed by atoms with Gasteiger partial charge in [0, 0.05) is 12.6 Å². The fourth-order valence-corrected chi connectivity index (χ4v) is 2.44. The van der Waals surface area contributed by atoms with Gasteiger partial charge in [0.15, 0.2) is 0 Å². The van der Waals surface area contributed by atoms with Crippen LogP contribution < -0.4 is 15.5 Å². The van der Waals surface area contributed by atoms with Crippen LogP contribution in [0.4, 0.5) is 5.69 Å². The molecule has 0 aliphatic carbocycles. The fraction of sp³-hybridized carbons (Fsp3) is 0.0455. The Morgan fingerprint density at radius 2 is 1.57 bits per heavy atom. The van der Waals surface area contributed by atoms with Crippen LogP contribution in [0.1, 0.15) is 22.8 Å². The van der Waals surface area contributed by atoms with Crippen molar-refractivity contribution in [1.82, 2.24) is 5.43 Å². The van der Waals surface area contributed by atoms with E-state index < -0.39 is 0 Å². The summed E-state index contributed by atoms with van der Waals surface area (Å²) in [6, 6.07) is 23.3. The van der Waals surface area contributed by atoms with Crippen LogP contribution in [-0.4, -0.2) is 18.0 Å². The van der Waals surface area contributed by atoms with Crippen molar-refractivity contribution < 1.29 is 14.3 Å². The van der Waals surface area contributed by atoms with Gasteiger partial charge in [-0.05, 0) is 42.0 Å². The fourth-order valence-electron chi connectivity index (χ4n) is 2.44. The van der Waals surface area contributed by atoms with Gasteiger partial charge in [-0.15, -0.1) is 0 Å². The number of nitrogens with one attached hydrogen (secondary N) is 2. The number of rotatable bonds is 6. The number of ether oxygens (including phenoxy) is 1. The van der Waals surface area contributed by atoms with Crippen molar-refractivity contribution in [3.05, 3.63) is 90.0 Å². The van der Waals surface area contributed by atoms with Crippen LogP contribution in [0.25, 0.3) is 0 Å². The molecule has 2 N–H and O–H groups in total. The van der Waals surface area contributed by atoms with Crippen molar-refractivity contribution in [2.24, 2.45) is 5.10 Å². The molecule has 2 amide bonds. The summed E-state index contributed by atoms with van der Waals surface area (Å²) in [5.41, 5.74) is 4.36. The quantitative estimate of drug-likeness (QED) is 0.502. The summed E-state index contributed by atoms with van der Waals surface area (Å²) < 4.78 is 5.79. The topological polar surface area (TPSA) is 79.8 Å². The van der Waals surface area contributed by atoms with E-state index in [1.165, 1.54) is 13.1 Å². The van der Waals surface area contributed by atoms with E-state index in [2.05, 4.69) is 15.8 Å². The molecule has 0 aromatic heterocycles. The van der Waals surface area contributed by atoms with E-state index >= 15 is 0 Å². The molecule has 0 saturated carbocycles. The second-order valence-corrected chi connectivity index (χ2v) is 5.91. The third kappa shape index (κ3) is 5.28. The van der Waals surface area contributed by atoms with Gasteiger partial charge in [0.25, 0.3) is 5.91 Å². The number of benzene rings is 3. The molecule has 140 valence electrons. The van der Waals surface area contributed by atoms with Gasteiger partial charge in [-0.25, -0.2) is 5.43 Å². The maximum absolute atomic E-state index is 12.5. The predicted molar refractivity (Wildman–Crippen MR) is 109 cm³/mol. The first-order valence-electron chi connectivity index (χ1n) is 8.65. The average molecular weight is 373 g/mol. The zero-order valence-electron chi connectivity index (χ0n) is 15.3. The molecule has 3 aromatic carbocycles. The highest BCUT2D eigenvalue weighted by atomic mass is 16.5. The molecule has 0 bridgehead atoms. The number of hydrazone groups is 1. The molecule has 0 saturated heterocycles. The first-order valence-corrected chi connectivity index (χ1v) is 8.65. The zero-order valence-corrected chi connectivity index (χ0v) is 15.3. The van der Waals surface area contributed by atoms with Crippen LogP contribution in [0, 0.1) is 0 Å². The highest BCUT2D eigenvalue weighted by Gasteiger charge is 2.12. The lowest BCUT2D eigenvalue weighted by Crippen LogP contribution is -2.18. The standard InChI is InChI=1S/C22H19N3O3/c1-16(26)24-18-13-11-17(12-14-18)15-23-25-22(27)20-9-5-6-10-21(20)28-19-7-3-2-4-8-19/h2-15H,1H3,(H,24,26)(H,25,27)/b23-15+. The molecule has 3 aromatic rings. The van der Waals surface area contributed by atoms with Crippen molar-refractivity contribution in [1.29, 1.82) is 0 Å². The molecule has 0 fully saturated rings. The van der Waals surface area contributed by atoms with Crippen LogP contribution in [0.2, 0.25) is 0 Å². The minimum absolute atomic E-state index is 0.134. The molecule has 28 heavy (non-hydrogen) atoms. The highest BCUT2D eigenvalue weighted by Crippen LogP contribution is 2.24. The lowest BCUT2D eigenvalue weighted by molar-refractivity contribution is -0.114. The molecule has 6 nitrogen and oxygen atoms in total. The molecule has 6 heteroatoms. The number of para-hydroxylation sites is 2. The van der Waals surface area contributed by atoms with Gasteiger partial charge in [-0.1, -0.05) is 42.5 Å². The molecule has 0 radical (unpaired) electrons. The Hall–Kier alpha value is -3.93. The Kier molecular flexibility index (Phi) is 6.15. The first kappa shape index (κ1) is 18.8. The highest BCUT2D eigenvalue weighted by molar-refractivity contribution is 5.97. The molecule has 0 unspecified atom stereocenters. The molecular formula is C22H19N3O3. The largest absolute Gasteiger partial charge is 0.457 e. The Balaban J connectivity index is 1.65. The second-order valence-electron chi connectivity index (χ2n) is 5.91. The Labute approximate surface area is 162 Å². The van der Waals surface area contributed by atoms with Gasteiger partial charge in [0.1, 0.15) is 11.5 Å². The summed E-state index contributed by atoms with van der Waals surface area (Å²) in [7, 11) is 0.